The van der Waals surface area contributed by atoms with E-state index in [1.807, 2.05) is 6.07 Å². The summed E-state index contributed by atoms with van der Waals surface area (Å²) in [6.45, 7) is 2.86. The predicted octanol–water partition coefficient (Wildman–Crippen LogP) is 0.953. The maximum Gasteiger partial charge on any atom is 0.219 e. The molecule has 1 aromatic rings. The fourth-order valence-electron chi connectivity index (χ4n) is 1.82. The van der Waals surface area contributed by atoms with Crippen molar-refractivity contribution in [3.63, 3.8) is 0 Å². The Kier molecular flexibility index (Phi) is 3.24. The number of carbonyl (C=O) groups excluding carboxylic acids is 1. The number of nitrogens with zero attached hydrogens (tertiary/aromatic N) is 3. The predicted molar refractivity (Wildman–Crippen MR) is 60.2 cm³/mol. The molecular formula is C12H13N3O2. The molecule has 0 radical (unpaired) electrons. The van der Waals surface area contributed by atoms with E-state index in [9.17, 15) is 4.79 Å². The summed E-state index contributed by atoms with van der Waals surface area (Å²) >= 11 is 0. The van der Waals surface area contributed by atoms with Crippen molar-refractivity contribution in [2.75, 3.05) is 13.1 Å². The van der Waals surface area contributed by atoms with Crippen molar-refractivity contribution >= 4 is 5.91 Å². The first kappa shape index (κ1) is 11.4. The van der Waals surface area contributed by atoms with Gasteiger partial charge in [0, 0.05) is 32.2 Å². The van der Waals surface area contributed by atoms with Gasteiger partial charge in [-0.1, -0.05) is 0 Å². The second kappa shape index (κ2) is 4.83. The lowest BCUT2D eigenvalue weighted by molar-refractivity contribution is -0.128. The van der Waals surface area contributed by atoms with Gasteiger partial charge in [0.2, 0.25) is 11.8 Å². The average Bonchev–Trinajstić information content (AvgIpc) is 2.78. The zero-order valence-corrected chi connectivity index (χ0v) is 9.59. The van der Waals surface area contributed by atoms with E-state index in [2.05, 4.69) is 4.98 Å². The van der Waals surface area contributed by atoms with Gasteiger partial charge in [-0.05, 0) is 6.07 Å². The molecule has 0 saturated carbocycles. The summed E-state index contributed by atoms with van der Waals surface area (Å²) < 4.78 is 5.64. The van der Waals surface area contributed by atoms with Crippen LogP contribution in [-0.4, -0.2) is 35.0 Å². The first-order chi connectivity index (χ1) is 8.19. The standard InChI is InChI=1S/C12H13N3O2/c1-9(16)15-5-3-11(8-15)17-12-6-10(7-13)2-4-14-12/h2,4,6,11H,3,5,8H2,1H3. The SMILES string of the molecule is CC(=O)N1CCC(Oc2cc(C#N)ccn2)C1. The number of ether oxygens (including phenoxy) is 1. The fourth-order valence-corrected chi connectivity index (χ4v) is 1.82. The van der Waals surface area contributed by atoms with Gasteiger partial charge < -0.3 is 9.64 Å². The van der Waals surface area contributed by atoms with Crippen molar-refractivity contribution in [3.05, 3.63) is 23.9 Å². The lowest BCUT2D eigenvalue weighted by Crippen LogP contribution is -2.28. The number of rotatable bonds is 2. The van der Waals surface area contributed by atoms with Gasteiger partial charge in [0.1, 0.15) is 6.10 Å². The molecule has 17 heavy (non-hydrogen) atoms. The molecule has 0 spiro atoms. The number of nitriles is 1. The summed E-state index contributed by atoms with van der Waals surface area (Å²) in [5.74, 6) is 0.509. The Bertz CT molecular complexity index is 467. The third-order valence-corrected chi connectivity index (χ3v) is 2.74. The highest BCUT2D eigenvalue weighted by atomic mass is 16.5. The van der Waals surface area contributed by atoms with E-state index in [4.69, 9.17) is 10.00 Å². The molecule has 0 aliphatic carbocycles. The second-order valence-electron chi connectivity index (χ2n) is 3.99. The minimum Gasteiger partial charge on any atom is -0.472 e. The van der Waals surface area contributed by atoms with Crippen LogP contribution in [0.1, 0.15) is 18.9 Å². The quantitative estimate of drug-likeness (QED) is 0.760. The van der Waals surface area contributed by atoms with Crippen LogP contribution in [0.4, 0.5) is 0 Å². The summed E-state index contributed by atoms with van der Waals surface area (Å²) in [6, 6.07) is 5.27. The molecule has 1 aliphatic rings. The van der Waals surface area contributed by atoms with Crippen LogP contribution >= 0.6 is 0 Å². The normalized spacial score (nSPS) is 18.8. The van der Waals surface area contributed by atoms with Crippen molar-refractivity contribution in [2.24, 2.45) is 0 Å². The fraction of sp³-hybridized carbons (Fsp3) is 0.417. The Hall–Kier alpha value is -2.09. The molecule has 1 unspecified atom stereocenters. The van der Waals surface area contributed by atoms with E-state index in [0.29, 0.717) is 18.0 Å². The Balaban J connectivity index is 1.98. The minimum atomic E-state index is -0.0275. The van der Waals surface area contributed by atoms with Crippen molar-refractivity contribution in [1.29, 1.82) is 5.26 Å². The molecule has 2 heterocycles. The Morgan fingerprint density at radius 2 is 2.53 bits per heavy atom. The summed E-state index contributed by atoms with van der Waals surface area (Å²) in [4.78, 5) is 16.9. The van der Waals surface area contributed by atoms with Crippen molar-refractivity contribution in [1.82, 2.24) is 9.88 Å². The number of likely N-dealkylation sites (tertiary alicyclic amines) is 1. The number of hydrogen-bond donors (Lipinski definition) is 0. The lowest BCUT2D eigenvalue weighted by Gasteiger charge is -2.14. The topological polar surface area (TPSA) is 66.2 Å². The van der Waals surface area contributed by atoms with Crippen LogP contribution in [0.2, 0.25) is 0 Å². The number of pyridine rings is 1. The lowest BCUT2D eigenvalue weighted by atomic mass is 10.3. The number of hydrogen-bond acceptors (Lipinski definition) is 4. The summed E-state index contributed by atoms with van der Waals surface area (Å²) in [5, 5.41) is 8.75. The molecule has 2 rings (SSSR count). The van der Waals surface area contributed by atoms with Crippen LogP contribution < -0.4 is 4.74 Å². The largest absolute Gasteiger partial charge is 0.472 e. The Labute approximate surface area is 99.6 Å². The number of amides is 1. The van der Waals surface area contributed by atoms with Crippen LogP contribution in [0.3, 0.4) is 0 Å². The van der Waals surface area contributed by atoms with Crippen molar-refractivity contribution in [2.45, 2.75) is 19.4 Å². The summed E-state index contributed by atoms with van der Waals surface area (Å²) in [6.07, 6.45) is 2.32. The van der Waals surface area contributed by atoms with Crippen molar-refractivity contribution in [3.8, 4) is 11.9 Å². The smallest absolute Gasteiger partial charge is 0.219 e. The second-order valence-corrected chi connectivity index (χ2v) is 3.99. The minimum absolute atomic E-state index is 0.0275. The zero-order chi connectivity index (χ0) is 12.3. The maximum atomic E-state index is 11.2. The van der Waals surface area contributed by atoms with Gasteiger partial charge in [-0.25, -0.2) is 4.98 Å². The molecule has 1 fully saturated rings. The van der Waals surface area contributed by atoms with E-state index in [1.54, 1.807) is 30.2 Å². The van der Waals surface area contributed by atoms with Gasteiger partial charge in [0.25, 0.3) is 0 Å². The number of carbonyl (C=O) groups is 1. The number of aromatic nitrogens is 1. The van der Waals surface area contributed by atoms with E-state index < -0.39 is 0 Å². The molecule has 0 bridgehead atoms. The monoisotopic (exact) mass is 231 g/mol. The molecule has 5 nitrogen and oxygen atoms in total. The summed E-state index contributed by atoms with van der Waals surface area (Å²) in [5.41, 5.74) is 0.524. The molecule has 5 heteroatoms. The highest BCUT2D eigenvalue weighted by Gasteiger charge is 2.25. The molecule has 1 saturated heterocycles. The molecule has 1 amide bonds. The van der Waals surface area contributed by atoms with Crippen LogP contribution in [0.5, 0.6) is 5.88 Å². The molecular weight excluding hydrogens is 218 g/mol. The average molecular weight is 231 g/mol. The third kappa shape index (κ3) is 2.72. The van der Waals surface area contributed by atoms with Crippen LogP contribution in [0.15, 0.2) is 18.3 Å². The Morgan fingerprint density at radius 3 is 3.18 bits per heavy atom. The van der Waals surface area contributed by atoms with Gasteiger partial charge in [0.05, 0.1) is 18.2 Å². The molecule has 1 aromatic heterocycles. The van der Waals surface area contributed by atoms with Gasteiger partial charge in [-0.2, -0.15) is 5.26 Å². The maximum absolute atomic E-state index is 11.2. The van der Waals surface area contributed by atoms with E-state index in [1.165, 1.54) is 0 Å². The van der Waals surface area contributed by atoms with Gasteiger partial charge in [-0.15, -0.1) is 0 Å². The first-order valence-electron chi connectivity index (χ1n) is 5.47. The van der Waals surface area contributed by atoms with Gasteiger partial charge >= 0.3 is 0 Å². The van der Waals surface area contributed by atoms with Crippen LogP contribution in [0.25, 0.3) is 0 Å². The Morgan fingerprint density at radius 1 is 1.71 bits per heavy atom. The van der Waals surface area contributed by atoms with Crippen LogP contribution in [0, 0.1) is 11.3 Å². The molecule has 1 atom stereocenters. The van der Waals surface area contributed by atoms with Crippen LogP contribution in [-0.2, 0) is 4.79 Å². The van der Waals surface area contributed by atoms with Crippen molar-refractivity contribution < 1.29 is 9.53 Å². The van der Waals surface area contributed by atoms with Gasteiger partial charge in [-0.3, -0.25) is 4.79 Å². The molecule has 1 aliphatic heterocycles. The summed E-state index contributed by atoms with van der Waals surface area (Å²) in [7, 11) is 0. The molecule has 0 aromatic carbocycles. The highest BCUT2D eigenvalue weighted by Crippen LogP contribution is 2.17. The first-order valence-corrected chi connectivity index (χ1v) is 5.47. The van der Waals surface area contributed by atoms with Gasteiger partial charge in [0.15, 0.2) is 0 Å². The van der Waals surface area contributed by atoms with E-state index in [0.717, 1.165) is 13.0 Å². The highest BCUT2D eigenvalue weighted by molar-refractivity contribution is 5.73. The molecule has 88 valence electrons. The molecule has 0 N–H and O–H groups in total. The van der Waals surface area contributed by atoms with E-state index in [-0.39, 0.29) is 12.0 Å². The van der Waals surface area contributed by atoms with E-state index >= 15 is 0 Å². The zero-order valence-electron chi connectivity index (χ0n) is 9.59. The third-order valence-electron chi connectivity index (χ3n) is 2.74.